The van der Waals surface area contributed by atoms with Gasteiger partial charge in [-0.25, -0.2) is 0 Å². The van der Waals surface area contributed by atoms with Crippen LogP contribution in [0.3, 0.4) is 0 Å². The Balaban J connectivity index is 1.07. The molecule has 3 aromatic heterocycles. The van der Waals surface area contributed by atoms with E-state index in [1.165, 1.54) is 31.3 Å². The maximum atomic E-state index is 6.61. The number of nitrogens with zero attached hydrogens (tertiary/aromatic N) is 1. The van der Waals surface area contributed by atoms with Gasteiger partial charge in [-0.3, -0.25) is 0 Å². The van der Waals surface area contributed by atoms with Crippen LogP contribution in [-0.4, -0.2) is 0 Å². The highest BCUT2D eigenvalue weighted by Crippen LogP contribution is 2.45. The van der Waals surface area contributed by atoms with Gasteiger partial charge in [-0.2, -0.15) is 0 Å². The first-order valence-electron chi connectivity index (χ1n) is 19.6. The Morgan fingerprint density at radius 2 is 0.948 bits per heavy atom. The third-order valence-electron chi connectivity index (χ3n) is 11.5. The molecular weight excluding hydrogens is 727 g/mol. The Hall–Kier alpha value is -7.40. The molecule has 0 unspecified atom stereocenters. The van der Waals surface area contributed by atoms with Gasteiger partial charge in [-0.1, -0.05) is 133 Å². The van der Waals surface area contributed by atoms with E-state index in [1.54, 1.807) is 0 Å². The first-order valence-corrected chi connectivity index (χ1v) is 20.4. The molecule has 0 aliphatic rings. The van der Waals surface area contributed by atoms with Crippen molar-refractivity contribution in [1.29, 1.82) is 0 Å². The smallest absolute Gasteiger partial charge is 0.143 e. The summed E-state index contributed by atoms with van der Waals surface area (Å²) in [5.74, 6) is 0. The minimum Gasteiger partial charge on any atom is -0.456 e. The van der Waals surface area contributed by atoms with E-state index in [0.29, 0.717) is 0 Å². The number of thiophene rings is 1. The average molecular weight is 760 g/mol. The fourth-order valence-electron chi connectivity index (χ4n) is 8.73. The van der Waals surface area contributed by atoms with E-state index in [-0.39, 0.29) is 0 Å². The van der Waals surface area contributed by atoms with Crippen molar-refractivity contribution in [1.82, 2.24) is 0 Å². The summed E-state index contributed by atoms with van der Waals surface area (Å²) < 4.78 is 15.7. The first kappa shape index (κ1) is 32.8. The maximum Gasteiger partial charge on any atom is 0.143 e. The lowest BCUT2D eigenvalue weighted by molar-refractivity contribution is 0.669. The minimum absolute atomic E-state index is 0.850. The van der Waals surface area contributed by atoms with Crippen molar-refractivity contribution >= 4 is 92.4 Å². The van der Waals surface area contributed by atoms with E-state index < -0.39 is 0 Å². The van der Waals surface area contributed by atoms with Crippen molar-refractivity contribution in [2.75, 3.05) is 4.90 Å². The van der Waals surface area contributed by atoms with E-state index >= 15 is 0 Å². The molecule has 3 heterocycles. The van der Waals surface area contributed by atoms with Gasteiger partial charge in [0.15, 0.2) is 0 Å². The van der Waals surface area contributed by atoms with E-state index in [4.69, 9.17) is 8.83 Å². The molecule has 4 heteroatoms. The third kappa shape index (κ3) is 5.27. The van der Waals surface area contributed by atoms with E-state index in [0.717, 1.165) is 83.2 Å². The van der Waals surface area contributed by atoms with Crippen LogP contribution in [0.2, 0.25) is 0 Å². The molecule has 58 heavy (non-hydrogen) atoms. The normalized spacial score (nSPS) is 11.8. The van der Waals surface area contributed by atoms with Crippen molar-refractivity contribution < 1.29 is 8.83 Å². The van der Waals surface area contributed by atoms with Crippen molar-refractivity contribution in [2.45, 2.75) is 0 Å². The van der Waals surface area contributed by atoms with Gasteiger partial charge in [-0.05, 0) is 88.5 Å². The topological polar surface area (TPSA) is 29.5 Å². The number of anilines is 3. The summed E-state index contributed by atoms with van der Waals surface area (Å²) in [6, 6.07) is 71.5. The Morgan fingerprint density at radius 1 is 0.328 bits per heavy atom. The predicted octanol–water partition coefficient (Wildman–Crippen LogP) is 16.3. The molecule has 0 fully saturated rings. The van der Waals surface area contributed by atoms with Crippen molar-refractivity contribution in [2.24, 2.45) is 0 Å². The molecular formula is C54H33NO2S. The van der Waals surface area contributed by atoms with Gasteiger partial charge in [0.05, 0.1) is 0 Å². The van der Waals surface area contributed by atoms with Crippen molar-refractivity contribution in [3.63, 3.8) is 0 Å². The summed E-state index contributed by atoms with van der Waals surface area (Å²) in [6.07, 6.45) is 0. The van der Waals surface area contributed by atoms with Gasteiger partial charge in [0.25, 0.3) is 0 Å². The van der Waals surface area contributed by atoms with Crippen LogP contribution in [0.4, 0.5) is 17.1 Å². The van der Waals surface area contributed by atoms with Crippen LogP contribution in [0.15, 0.2) is 209 Å². The van der Waals surface area contributed by atoms with Gasteiger partial charge in [0.1, 0.15) is 22.3 Å². The molecule has 0 radical (unpaired) electrons. The summed E-state index contributed by atoms with van der Waals surface area (Å²) in [5.41, 5.74) is 13.4. The Bertz CT molecular complexity index is 3520. The van der Waals surface area contributed by atoms with Crippen LogP contribution >= 0.6 is 11.3 Å². The fourth-order valence-corrected chi connectivity index (χ4v) is 9.97. The standard InChI is InChI=1S/C54H33NO2S/c1-2-12-34(13-3-1)36-30-37(41-17-10-19-47-44-15-5-8-22-50(44)57-53(41)47)32-40(31-36)55(39-28-29-45-43-14-4-7-21-49(43)56-51(45)33-39)38-26-24-35(25-27-38)42-18-11-20-48-46-16-6-9-23-52(46)58-54(42)48/h1-33H. The molecule has 0 saturated heterocycles. The molecule has 272 valence electrons. The number of hydrogen-bond acceptors (Lipinski definition) is 4. The molecule has 0 bridgehead atoms. The second-order valence-electron chi connectivity index (χ2n) is 14.9. The zero-order valence-electron chi connectivity index (χ0n) is 31.2. The molecule has 9 aromatic carbocycles. The second-order valence-corrected chi connectivity index (χ2v) is 15.9. The lowest BCUT2D eigenvalue weighted by Gasteiger charge is -2.27. The second kappa shape index (κ2) is 13.1. The summed E-state index contributed by atoms with van der Waals surface area (Å²) in [6.45, 7) is 0. The summed E-state index contributed by atoms with van der Waals surface area (Å²) in [7, 11) is 0. The summed E-state index contributed by atoms with van der Waals surface area (Å²) in [5, 5.41) is 7.04. The number of benzene rings is 9. The molecule has 0 spiro atoms. The molecule has 0 amide bonds. The zero-order chi connectivity index (χ0) is 38.2. The molecule has 0 atom stereocenters. The number of fused-ring (bicyclic) bond motifs is 9. The minimum atomic E-state index is 0.850. The number of hydrogen-bond donors (Lipinski definition) is 0. The highest BCUT2D eigenvalue weighted by Gasteiger charge is 2.20. The van der Waals surface area contributed by atoms with E-state index in [2.05, 4.69) is 181 Å². The van der Waals surface area contributed by atoms with E-state index in [9.17, 15) is 0 Å². The van der Waals surface area contributed by atoms with Crippen molar-refractivity contribution in [3.8, 4) is 33.4 Å². The van der Waals surface area contributed by atoms with Crippen LogP contribution in [0, 0.1) is 0 Å². The monoisotopic (exact) mass is 759 g/mol. The highest BCUT2D eigenvalue weighted by atomic mass is 32.1. The molecule has 0 N–H and O–H groups in total. The van der Waals surface area contributed by atoms with Crippen LogP contribution in [0.25, 0.3) is 97.4 Å². The first-order chi connectivity index (χ1) is 28.7. The molecule has 12 rings (SSSR count). The lowest BCUT2D eigenvalue weighted by Crippen LogP contribution is -2.10. The Morgan fingerprint density at radius 3 is 1.78 bits per heavy atom. The fraction of sp³-hybridized carbons (Fsp3) is 0. The van der Waals surface area contributed by atoms with Gasteiger partial charge in [-0.15, -0.1) is 11.3 Å². The largest absolute Gasteiger partial charge is 0.456 e. The van der Waals surface area contributed by atoms with Crippen LogP contribution in [-0.2, 0) is 0 Å². The Labute approximate surface area is 338 Å². The van der Waals surface area contributed by atoms with Gasteiger partial charge in [0.2, 0.25) is 0 Å². The van der Waals surface area contributed by atoms with Gasteiger partial charge in [0, 0.05) is 70.4 Å². The lowest BCUT2D eigenvalue weighted by atomic mass is 9.96. The van der Waals surface area contributed by atoms with Crippen molar-refractivity contribution in [3.05, 3.63) is 200 Å². The van der Waals surface area contributed by atoms with Gasteiger partial charge < -0.3 is 13.7 Å². The molecule has 0 aliphatic heterocycles. The average Bonchev–Trinajstić information content (AvgIpc) is 3.98. The third-order valence-corrected chi connectivity index (χ3v) is 12.7. The highest BCUT2D eigenvalue weighted by molar-refractivity contribution is 7.26. The van der Waals surface area contributed by atoms with Crippen LogP contribution in [0.1, 0.15) is 0 Å². The predicted molar refractivity (Wildman–Crippen MR) is 245 cm³/mol. The summed E-state index contributed by atoms with van der Waals surface area (Å²) in [4.78, 5) is 2.35. The number of para-hydroxylation sites is 3. The maximum absolute atomic E-state index is 6.61. The quantitative estimate of drug-likeness (QED) is 0.169. The van der Waals surface area contributed by atoms with E-state index in [1.807, 2.05) is 35.6 Å². The number of rotatable bonds is 6. The van der Waals surface area contributed by atoms with Gasteiger partial charge >= 0.3 is 0 Å². The van der Waals surface area contributed by atoms with Crippen LogP contribution < -0.4 is 4.90 Å². The Kier molecular flexibility index (Phi) is 7.40. The van der Waals surface area contributed by atoms with Crippen LogP contribution in [0.5, 0.6) is 0 Å². The molecule has 0 saturated carbocycles. The molecule has 3 nitrogen and oxygen atoms in total. The molecule has 12 aromatic rings. The number of furan rings is 2. The molecule has 0 aliphatic carbocycles. The summed E-state index contributed by atoms with van der Waals surface area (Å²) >= 11 is 1.86. The SMILES string of the molecule is c1ccc(-c2cc(-c3cccc4c3oc3ccccc34)cc(N(c3ccc(-c4cccc5c4sc4ccccc45)cc3)c3ccc4c(c3)oc3ccccc34)c2)cc1. The zero-order valence-corrected chi connectivity index (χ0v) is 32.0.